The van der Waals surface area contributed by atoms with Crippen LogP contribution in [0.25, 0.3) is 22.2 Å². The molecule has 2 aromatic heterocycles. The Bertz CT molecular complexity index is 2350. The summed E-state index contributed by atoms with van der Waals surface area (Å²) in [6, 6.07) is 34.9. The van der Waals surface area contributed by atoms with Crippen molar-refractivity contribution in [3.05, 3.63) is 171 Å². The van der Waals surface area contributed by atoms with Crippen LogP contribution in [-0.4, -0.2) is 46.3 Å². The maximum Gasteiger partial charge on any atom is 0.272 e. The normalized spacial score (nSPS) is 13.8. The van der Waals surface area contributed by atoms with E-state index < -0.39 is 0 Å². The van der Waals surface area contributed by atoms with Gasteiger partial charge in [0, 0.05) is 56.9 Å². The number of carbonyl (C=O) groups is 2. The molecule has 1 aliphatic rings. The van der Waals surface area contributed by atoms with E-state index in [-0.39, 0.29) is 18.0 Å². The third kappa shape index (κ3) is 9.71. The van der Waals surface area contributed by atoms with E-state index in [2.05, 4.69) is 63.0 Å². The summed E-state index contributed by atoms with van der Waals surface area (Å²) in [6.45, 7) is 11.8. The van der Waals surface area contributed by atoms with Gasteiger partial charge in [0.25, 0.3) is 5.91 Å². The average Bonchev–Trinajstić information content (AvgIpc) is 3.60. The number of H-pyrrole nitrogens is 1. The molecule has 0 spiro atoms. The van der Waals surface area contributed by atoms with Crippen LogP contribution in [0.1, 0.15) is 65.5 Å². The smallest absolute Gasteiger partial charge is 0.272 e. The first-order valence-electron chi connectivity index (χ1n) is 18.8. The fourth-order valence-corrected chi connectivity index (χ4v) is 7.54. The summed E-state index contributed by atoms with van der Waals surface area (Å²) in [5, 5.41) is 8.94. The Hall–Kier alpha value is -5.54. The number of aryl methyl sites for hydroxylation is 1. The molecule has 3 heterocycles. The van der Waals surface area contributed by atoms with Crippen LogP contribution in [0.5, 0.6) is 0 Å². The Morgan fingerprint density at radius 1 is 0.930 bits per heavy atom. The highest BCUT2D eigenvalue weighted by molar-refractivity contribution is 6.32. The number of benzene rings is 4. The maximum absolute atomic E-state index is 14.6. The molecule has 0 aliphatic carbocycles. The van der Waals surface area contributed by atoms with E-state index in [0.717, 1.165) is 68.7 Å². The van der Waals surface area contributed by atoms with Crippen LogP contribution in [-0.2, 0) is 4.79 Å². The highest BCUT2D eigenvalue weighted by Gasteiger charge is 2.29. The highest BCUT2D eigenvalue weighted by atomic mass is 35.5. The maximum atomic E-state index is 14.6. The SMILES string of the molecule is C=CN(/C(=C(\C)c1ccccc1)c1c(C(=O)Nc2cccnc2N2CCC(NC=O)CC2)[nH]c2cc(Cl)ccc12)C(C)c1ccc(Cl)cc1.Cc1ccccc1Cl. The molecule has 4 aromatic carbocycles. The molecule has 8 nitrogen and oxygen atoms in total. The molecule has 7 rings (SSSR count). The molecule has 6 aromatic rings. The minimum absolute atomic E-state index is 0.123. The predicted molar refractivity (Wildman–Crippen MR) is 237 cm³/mol. The van der Waals surface area contributed by atoms with Crippen molar-refractivity contribution in [3.8, 4) is 0 Å². The molecule has 11 heteroatoms. The topological polar surface area (TPSA) is 93.4 Å². The number of hydrogen-bond acceptors (Lipinski definition) is 5. The zero-order valence-electron chi connectivity index (χ0n) is 32.1. The average molecular weight is 820 g/mol. The number of fused-ring (bicyclic) bond motifs is 1. The van der Waals surface area contributed by atoms with Crippen LogP contribution in [0.4, 0.5) is 11.5 Å². The molecule has 292 valence electrons. The van der Waals surface area contributed by atoms with Gasteiger partial charge in [0.2, 0.25) is 6.41 Å². The van der Waals surface area contributed by atoms with Gasteiger partial charge in [-0.15, -0.1) is 0 Å². The monoisotopic (exact) mass is 818 g/mol. The second kappa shape index (κ2) is 19.1. The summed E-state index contributed by atoms with van der Waals surface area (Å²) in [5.74, 6) is 0.358. The standard InChI is InChI=1S/C39H38Cl2N6O2.C7H7Cl/c1-4-47(26(3)28-12-14-29(40)15-13-28)37(25(2)27-9-6-5-7-10-27)35-32-17-16-30(41)23-34(32)44-36(35)39(49)45-33-11-8-20-42-38(33)46-21-18-31(19-22-46)43-24-48;1-6-4-2-3-5-7(6)8/h4-17,20,23-24,26,31,44H,1,18-19,21-22H2,2-3H3,(H,43,48)(H,45,49);2-5H,1H3/b37-25+;. The van der Waals surface area contributed by atoms with E-state index in [9.17, 15) is 9.59 Å². The summed E-state index contributed by atoms with van der Waals surface area (Å²) >= 11 is 18.5. The molecule has 1 aliphatic heterocycles. The summed E-state index contributed by atoms with van der Waals surface area (Å²) in [6.07, 6.45) is 5.85. The molecular weight excluding hydrogens is 775 g/mol. The number of halogens is 3. The molecule has 1 unspecified atom stereocenters. The molecular formula is C46H45Cl3N6O2. The lowest BCUT2D eigenvalue weighted by molar-refractivity contribution is -0.110. The van der Waals surface area contributed by atoms with Gasteiger partial charge >= 0.3 is 0 Å². The number of carbonyl (C=O) groups excluding carboxylic acids is 2. The highest BCUT2D eigenvalue weighted by Crippen LogP contribution is 2.41. The van der Waals surface area contributed by atoms with Gasteiger partial charge < -0.3 is 25.4 Å². The van der Waals surface area contributed by atoms with Crippen molar-refractivity contribution >= 4 is 80.8 Å². The lowest BCUT2D eigenvalue weighted by Crippen LogP contribution is -2.42. The molecule has 1 atom stereocenters. The Balaban J connectivity index is 0.000000612. The Kier molecular flexibility index (Phi) is 13.8. The van der Waals surface area contributed by atoms with Gasteiger partial charge in [-0.05, 0) is 105 Å². The van der Waals surface area contributed by atoms with Crippen molar-refractivity contribution < 1.29 is 9.59 Å². The number of aromatic nitrogens is 2. The number of piperidine rings is 1. The molecule has 2 amide bonds. The third-order valence-electron chi connectivity index (χ3n) is 10.2. The zero-order valence-corrected chi connectivity index (χ0v) is 34.4. The van der Waals surface area contributed by atoms with Crippen LogP contribution >= 0.6 is 34.8 Å². The fourth-order valence-electron chi connectivity index (χ4n) is 7.10. The first kappa shape index (κ1) is 41.1. The van der Waals surface area contributed by atoms with Crippen molar-refractivity contribution in [1.82, 2.24) is 20.2 Å². The predicted octanol–water partition coefficient (Wildman–Crippen LogP) is 11.6. The van der Waals surface area contributed by atoms with Crippen molar-refractivity contribution in [2.45, 2.75) is 45.7 Å². The molecule has 1 saturated heterocycles. The van der Waals surface area contributed by atoms with Gasteiger partial charge in [0.1, 0.15) is 5.69 Å². The molecule has 0 saturated carbocycles. The van der Waals surface area contributed by atoms with Crippen molar-refractivity contribution in [3.63, 3.8) is 0 Å². The number of nitrogens with zero attached hydrogens (tertiary/aromatic N) is 3. The summed E-state index contributed by atoms with van der Waals surface area (Å²) < 4.78 is 0. The number of hydrogen-bond donors (Lipinski definition) is 3. The number of nitrogens with one attached hydrogen (secondary N) is 3. The van der Waals surface area contributed by atoms with Crippen LogP contribution in [0.15, 0.2) is 128 Å². The van der Waals surface area contributed by atoms with Crippen LogP contribution in [0.3, 0.4) is 0 Å². The summed E-state index contributed by atoms with van der Waals surface area (Å²) in [5.41, 5.74) is 7.36. The van der Waals surface area contributed by atoms with E-state index in [1.165, 1.54) is 0 Å². The van der Waals surface area contributed by atoms with Crippen molar-refractivity contribution in [2.24, 2.45) is 0 Å². The number of aromatic amines is 1. The van der Waals surface area contributed by atoms with E-state index in [0.29, 0.717) is 40.3 Å². The van der Waals surface area contributed by atoms with Gasteiger partial charge in [0.15, 0.2) is 5.82 Å². The lowest BCUT2D eigenvalue weighted by atomic mass is 9.95. The third-order valence-corrected chi connectivity index (χ3v) is 11.1. The van der Waals surface area contributed by atoms with E-state index >= 15 is 0 Å². The molecule has 3 N–H and O–H groups in total. The zero-order chi connectivity index (χ0) is 40.5. The number of pyridine rings is 1. The van der Waals surface area contributed by atoms with E-state index in [1.807, 2.05) is 104 Å². The number of anilines is 2. The van der Waals surface area contributed by atoms with E-state index in [4.69, 9.17) is 34.8 Å². The minimum Gasteiger partial charge on any atom is -0.356 e. The number of amides is 2. The Morgan fingerprint density at radius 2 is 1.61 bits per heavy atom. The second-order valence-corrected chi connectivity index (χ2v) is 15.1. The molecule has 0 radical (unpaired) electrons. The van der Waals surface area contributed by atoms with Crippen LogP contribution in [0.2, 0.25) is 15.1 Å². The molecule has 1 fully saturated rings. The van der Waals surface area contributed by atoms with Gasteiger partial charge in [-0.3, -0.25) is 9.59 Å². The first-order valence-corrected chi connectivity index (χ1v) is 19.9. The van der Waals surface area contributed by atoms with Gasteiger partial charge in [-0.2, -0.15) is 0 Å². The van der Waals surface area contributed by atoms with Gasteiger partial charge in [-0.1, -0.05) is 108 Å². The van der Waals surface area contributed by atoms with Gasteiger partial charge in [0.05, 0.1) is 17.4 Å². The lowest BCUT2D eigenvalue weighted by Gasteiger charge is -2.33. The quantitative estimate of drug-likeness (QED) is 0.113. The minimum atomic E-state index is -0.324. The second-order valence-electron chi connectivity index (χ2n) is 13.8. The summed E-state index contributed by atoms with van der Waals surface area (Å²) in [4.78, 5) is 37.9. The van der Waals surface area contributed by atoms with Crippen molar-refractivity contribution in [1.29, 1.82) is 0 Å². The Morgan fingerprint density at radius 3 is 2.26 bits per heavy atom. The largest absolute Gasteiger partial charge is 0.356 e. The fraction of sp³-hybridized carbons (Fsp3) is 0.196. The van der Waals surface area contributed by atoms with Crippen LogP contribution < -0.4 is 15.5 Å². The van der Waals surface area contributed by atoms with Crippen molar-refractivity contribution in [2.75, 3.05) is 23.3 Å². The molecule has 0 bridgehead atoms. The van der Waals surface area contributed by atoms with Crippen LogP contribution in [0, 0.1) is 6.92 Å². The summed E-state index contributed by atoms with van der Waals surface area (Å²) in [7, 11) is 0. The number of allylic oxidation sites excluding steroid dienone is 1. The Labute approximate surface area is 349 Å². The first-order chi connectivity index (χ1) is 27.6. The molecule has 57 heavy (non-hydrogen) atoms. The van der Waals surface area contributed by atoms with Gasteiger partial charge in [-0.25, -0.2) is 4.98 Å². The van der Waals surface area contributed by atoms with E-state index in [1.54, 1.807) is 12.4 Å². The number of rotatable bonds is 11.